The van der Waals surface area contributed by atoms with Gasteiger partial charge >= 0.3 is 0 Å². The van der Waals surface area contributed by atoms with Gasteiger partial charge in [0.2, 0.25) is 11.8 Å². The minimum Gasteiger partial charge on any atom is -0.496 e. The van der Waals surface area contributed by atoms with Gasteiger partial charge in [-0.3, -0.25) is 19.6 Å². The molecular formula is C18H24N6O3. The SMILES string of the molecule is COc1ccccc1CN1CCNC(=O)[C@H]1CC(=O)NCc1n[nH]c(C)n1. The van der Waals surface area contributed by atoms with Gasteiger partial charge in [0.25, 0.3) is 0 Å². The number of benzene rings is 1. The molecule has 1 aliphatic heterocycles. The molecule has 1 saturated heterocycles. The quantitative estimate of drug-likeness (QED) is 0.637. The number of piperazine rings is 1. The fraction of sp³-hybridized carbons (Fsp3) is 0.444. The van der Waals surface area contributed by atoms with Gasteiger partial charge in [-0.05, 0) is 13.0 Å². The number of aryl methyl sites for hydroxylation is 1. The van der Waals surface area contributed by atoms with E-state index in [1.54, 1.807) is 14.0 Å². The molecule has 27 heavy (non-hydrogen) atoms. The smallest absolute Gasteiger partial charge is 0.237 e. The second kappa shape index (κ2) is 8.63. The number of methoxy groups -OCH3 is 1. The lowest BCUT2D eigenvalue weighted by molar-refractivity contribution is -0.134. The molecule has 1 aromatic heterocycles. The first kappa shape index (κ1) is 18.8. The fourth-order valence-electron chi connectivity index (χ4n) is 3.12. The molecule has 0 unspecified atom stereocenters. The van der Waals surface area contributed by atoms with Crippen LogP contribution >= 0.6 is 0 Å². The molecule has 0 spiro atoms. The van der Waals surface area contributed by atoms with Crippen molar-refractivity contribution in [2.24, 2.45) is 0 Å². The van der Waals surface area contributed by atoms with Gasteiger partial charge in [-0.25, -0.2) is 4.98 Å². The molecule has 3 N–H and O–H groups in total. The van der Waals surface area contributed by atoms with Crippen molar-refractivity contribution >= 4 is 11.8 Å². The van der Waals surface area contributed by atoms with Gasteiger partial charge in [-0.15, -0.1) is 0 Å². The Bertz CT molecular complexity index is 806. The van der Waals surface area contributed by atoms with Crippen molar-refractivity contribution in [2.75, 3.05) is 20.2 Å². The largest absolute Gasteiger partial charge is 0.496 e. The lowest BCUT2D eigenvalue weighted by Crippen LogP contribution is -2.56. The molecule has 2 aromatic rings. The molecular weight excluding hydrogens is 348 g/mol. The lowest BCUT2D eigenvalue weighted by atomic mass is 10.1. The number of amides is 2. The van der Waals surface area contributed by atoms with E-state index in [9.17, 15) is 9.59 Å². The molecule has 1 fully saturated rings. The monoisotopic (exact) mass is 372 g/mol. The third-order valence-electron chi connectivity index (χ3n) is 4.47. The highest BCUT2D eigenvalue weighted by Gasteiger charge is 2.32. The molecule has 144 valence electrons. The molecule has 0 bridgehead atoms. The van der Waals surface area contributed by atoms with E-state index in [0.717, 1.165) is 11.3 Å². The van der Waals surface area contributed by atoms with Gasteiger partial charge in [0.15, 0.2) is 5.82 Å². The molecule has 2 amide bonds. The van der Waals surface area contributed by atoms with Crippen LogP contribution in [0.25, 0.3) is 0 Å². The topological polar surface area (TPSA) is 112 Å². The van der Waals surface area contributed by atoms with E-state index < -0.39 is 6.04 Å². The molecule has 0 radical (unpaired) electrons. The molecule has 0 saturated carbocycles. The maximum absolute atomic E-state index is 12.4. The van der Waals surface area contributed by atoms with Crippen molar-refractivity contribution in [3.8, 4) is 5.75 Å². The van der Waals surface area contributed by atoms with Crippen molar-refractivity contribution in [3.63, 3.8) is 0 Å². The number of para-hydroxylation sites is 1. The molecule has 9 nitrogen and oxygen atoms in total. The van der Waals surface area contributed by atoms with Gasteiger partial charge in [-0.1, -0.05) is 18.2 Å². The Balaban J connectivity index is 1.63. The summed E-state index contributed by atoms with van der Waals surface area (Å²) < 4.78 is 5.40. The summed E-state index contributed by atoms with van der Waals surface area (Å²) in [5, 5.41) is 12.3. The Morgan fingerprint density at radius 2 is 2.22 bits per heavy atom. The Morgan fingerprint density at radius 3 is 2.96 bits per heavy atom. The average molecular weight is 372 g/mol. The van der Waals surface area contributed by atoms with Crippen molar-refractivity contribution < 1.29 is 14.3 Å². The number of rotatable bonds is 7. The van der Waals surface area contributed by atoms with E-state index in [1.807, 2.05) is 29.2 Å². The third-order valence-corrected chi connectivity index (χ3v) is 4.47. The van der Waals surface area contributed by atoms with E-state index in [-0.39, 0.29) is 24.8 Å². The van der Waals surface area contributed by atoms with Gasteiger partial charge < -0.3 is 15.4 Å². The van der Waals surface area contributed by atoms with E-state index in [1.165, 1.54) is 0 Å². The van der Waals surface area contributed by atoms with Crippen molar-refractivity contribution in [1.82, 2.24) is 30.7 Å². The zero-order chi connectivity index (χ0) is 19.2. The molecule has 1 aliphatic rings. The number of carbonyl (C=O) groups excluding carboxylic acids is 2. The van der Waals surface area contributed by atoms with E-state index in [4.69, 9.17) is 4.74 Å². The van der Waals surface area contributed by atoms with Crippen LogP contribution < -0.4 is 15.4 Å². The van der Waals surface area contributed by atoms with E-state index in [2.05, 4.69) is 25.8 Å². The van der Waals surface area contributed by atoms with Crippen LogP contribution in [0.2, 0.25) is 0 Å². The van der Waals surface area contributed by atoms with Crippen LogP contribution in [0.4, 0.5) is 0 Å². The maximum atomic E-state index is 12.4. The number of carbonyl (C=O) groups is 2. The minimum atomic E-state index is -0.530. The summed E-state index contributed by atoms with van der Waals surface area (Å²) in [6, 6.07) is 7.16. The number of nitrogens with zero attached hydrogens (tertiary/aromatic N) is 3. The highest BCUT2D eigenvalue weighted by atomic mass is 16.5. The van der Waals surface area contributed by atoms with Gasteiger partial charge in [-0.2, -0.15) is 5.10 Å². The summed E-state index contributed by atoms with van der Waals surface area (Å²) in [5.74, 6) is 1.62. The molecule has 9 heteroatoms. The highest BCUT2D eigenvalue weighted by molar-refractivity contribution is 5.88. The van der Waals surface area contributed by atoms with Crippen LogP contribution in [0.5, 0.6) is 5.75 Å². The van der Waals surface area contributed by atoms with Crippen molar-refractivity contribution in [1.29, 1.82) is 0 Å². The zero-order valence-electron chi connectivity index (χ0n) is 15.5. The third kappa shape index (κ3) is 4.82. The Labute approximate surface area is 157 Å². The number of aromatic nitrogens is 3. The Kier molecular flexibility index (Phi) is 6.02. The summed E-state index contributed by atoms with van der Waals surface area (Å²) in [6.45, 7) is 3.78. The van der Waals surface area contributed by atoms with Gasteiger partial charge in [0, 0.05) is 25.2 Å². The van der Waals surface area contributed by atoms with Crippen LogP contribution in [-0.2, 0) is 22.7 Å². The summed E-state index contributed by atoms with van der Waals surface area (Å²) >= 11 is 0. The Morgan fingerprint density at radius 1 is 1.41 bits per heavy atom. The standard InChI is InChI=1S/C18H24N6O3/c1-12-21-16(23-22-12)10-20-17(25)9-14-18(26)19-7-8-24(14)11-13-5-3-4-6-15(13)27-2/h3-6,14H,7-11H2,1-2H3,(H,19,26)(H,20,25)(H,21,22,23)/t14-/m1/s1. The number of aromatic amines is 1. The molecule has 3 rings (SSSR count). The number of hydrogen-bond donors (Lipinski definition) is 3. The van der Waals surface area contributed by atoms with Gasteiger partial charge in [0.05, 0.1) is 26.1 Å². The zero-order valence-corrected chi connectivity index (χ0v) is 15.5. The maximum Gasteiger partial charge on any atom is 0.237 e. The summed E-state index contributed by atoms with van der Waals surface area (Å²) in [4.78, 5) is 30.9. The fourth-order valence-corrected chi connectivity index (χ4v) is 3.12. The first-order chi connectivity index (χ1) is 13.1. The minimum absolute atomic E-state index is 0.0738. The molecule has 0 aliphatic carbocycles. The van der Waals surface area contributed by atoms with Crippen molar-refractivity contribution in [2.45, 2.75) is 32.5 Å². The van der Waals surface area contributed by atoms with Crippen LogP contribution in [-0.4, -0.2) is 58.1 Å². The first-order valence-corrected chi connectivity index (χ1v) is 8.85. The van der Waals surface area contributed by atoms with E-state index >= 15 is 0 Å². The average Bonchev–Trinajstić information content (AvgIpc) is 3.08. The van der Waals surface area contributed by atoms with Crippen LogP contribution in [0.15, 0.2) is 24.3 Å². The number of H-pyrrole nitrogens is 1. The van der Waals surface area contributed by atoms with Gasteiger partial charge in [0.1, 0.15) is 11.6 Å². The number of hydrogen-bond acceptors (Lipinski definition) is 6. The second-order valence-electron chi connectivity index (χ2n) is 6.41. The molecule has 1 aromatic carbocycles. The summed E-state index contributed by atoms with van der Waals surface area (Å²) in [6.07, 6.45) is 0.0738. The van der Waals surface area contributed by atoms with Crippen LogP contribution in [0.3, 0.4) is 0 Å². The lowest BCUT2D eigenvalue weighted by Gasteiger charge is -2.35. The van der Waals surface area contributed by atoms with Crippen LogP contribution in [0, 0.1) is 6.92 Å². The molecule has 1 atom stereocenters. The summed E-state index contributed by atoms with van der Waals surface area (Å²) in [5.41, 5.74) is 0.983. The Hall–Kier alpha value is -2.94. The van der Waals surface area contributed by atoms with Crippen LogP contribution in [0.1, 0.15) is 23.6 Å². The summed E-state index contributed by atoms with van der Waals surface area (Å²) in [7, 11) is 1.62. The predicted octanol–water partition coefficient (Wildman–Crippen LogP) is 0.129. The number of nitrogens with one attached hydrogen (secondary N) is 3. The second-order valence-corrected chi connectivity index (χ2v) is 6.41. The van der Waals surface area contributed by atoms with E-state index in [0.29, 0.717) is 31.3 Å². The predicted molar refractivity (Wildman–Crippen MR) is 97.8 cm³/mol. The normalized spacial score (nSPS) is 17.4. The number of ether oxygens (including phenoxy) is 1. The highest BCUT2D eigenvalue weighted by Crippen LogP contribution is 2.21. The van der Waals surface area contributed by atoms with Crippen molar-refractivity contribution in [3.05, 3.63) is 41.5 Å². The molecule has 2 heterocycles. The first-order valence-electron chi connectivity index (χ1n) is 8.85.